The Balaban J connectivity index is 1.81. The van der Waals surface area contributed by atoms with Crippen LogP contribution in [0, 0.1) is 5.92 Å². The number of hydrogen-bond donors (Lipinski definition) is 0. The van der Waals surface area contributed by atoms with Gasteiger partial charge in [0, 0.05) is 28.9 Å². The fourth-order valence-corrected chi connectivity index (χ4v) is 5.59. The van der Waals surface area contributed by atoms with Gasteiger partial charge in [0.05, 0.1) is 25.0 Å². The molecule has 4 heteroatoms. The molecule has 3 aromatic rings. The normalized spacial score (nSPS) is 18.7. The minimum atomic E-state index is -0.293. The van der Waals surface area contributed by atoms with E-state index < -0.39 is 0 Å². The zero-order valence-electron chi connectivity index (χ0n) is 18.8. The van der Waals surface area contributed by atoms with Gasteiger partial charge in [-0.2, -0.15) is 0 Å². The minimum Gasteiger partial charge on any atom is -0.493 e. The molecule has 4 nitrogen and oxygen atoms in total. The molecule has 166 valence electrons. The first-order valence-electron chi connectivity index (χ1n) is 11.8. The van der Waals surface area contributed by atoms with Crippen molar-refractivity contribution >= 4 is 16.9 Å². The molecule has 0 amide bonds. The predicted molar refractivity (Wildman–Crippen MR) is 128 cm³/mol. The van der Waals surface area contributed by atoms with Crippen molar-refractivity contribution in [3.63, 3.8) is 0 Å². The van der Waals surface area contributed by atoms with E-state index in [-0.39, 0.29) is 5.97 Å². The summed E-state index contributed by atoms with van der Waals surface area (Å²) in [5.74, 6) is 1.49. The molecule has 1 aliphatic heterocycles. The van der Waals surface area contributed by atoms with Crippen molar-refractivity contribution in [3.05, 3.63) is 66.2 Å². The second-order valence-electron chi connectivity index (χ2n) is 9.13. The second-order valence-corrected chi connectivity index (χ2v) is 9.13. The van der Waals surface area contributed by atoms with E-state index in [1.807, 2.05) is 24.3 Å². The van der Waals surface area contributed by atoms with Gasteiger partial charge in [-0.25, -0.2) is 4.79 Å². The van der Waals surface area contributed by atoms with Crippen LogP contribution >= 0.6 is 0 Å². The van der Waals surface area contributed by atoms with E-state index in [2.05, 4.69) is 35.4 Å². The maximum Gasteiger partial charge on any atom is 0.337 e. The number of aromatic nitrogens is 1. The molecule has 2 aromatic carbocycles. The number of esters is 1. The maximum atomic E-state index is 12.4. The van der Waals surface area contributed by atoms with Gasteiger partial charge >= 0.3 is 5.97 Å². The number of para-hydroxylation sites is 1. The summed E-state index contributed by atoms with van der Waals surface area (Å²) in [6.45, 7) is 5.46. The molecule has 0 saturated heterocycles. The molecule has 0 radical (unpaired) electrons. The highest BCUT2D eigenvalue weighted by Crippen LogP contribution is 2.47. The molecule has 1 aliphatic carbocycles. The number of benzene rings is 2. The molecule has 1 aromatic heterocycles. The lowest BCUT2D eigenvalue weighted by atomic mass is 9.81. The molecule has 1 atom stereocenters. The molecule has 0 unspecified atom stereocenters. The molecule has 0 spiro atoms. The third-order valence-corrected chi connectivity index (χ3v) is 7.10. The van der Waals surface area contributed by atoms with Crippen LogP contribution < -0.4 is 4.74 Å². The van der Waals surface area contributed by atoms with Crippen molar-refractivity contribution in [2.75, 3.05) is 13.7 Å². The molecular formula is C28H31NO3. The fraction of sp³-hybridized carbons (Fsp3) is 0.393. The first-order chi connectivity index (χ1) is 15.7. The molecular weight excluding hydrogens is 398 g/mol. The average Bonchev–Trinajstić information content (AvgIpc) is 3.14. The lowest BCUT2D eigenvalue weighted by Gasteiger charge is -2.27. The summed E-state index contributed by atoms with van der Waals surface area (Å²) in [6.07, 6.45) is 9.15. The van der Waals surface area contributed by atoms with Gasteiger partial charge in [-0.05, 0) is 55.0 Å². The first-order valence-corrected chi connectivity index (χ1v) is 11.8. The summed E-state index contributed by atoms with van der Waals surface area (Å²) >= 11 is 0. The number of methoxy groups -OCH3 is 1. The van der Waals surface area contributed by atoms with Crippen LogP contribution in [-0.4, -0.2) is 24.3 Å². The zero-order chi connectivity index (χ0) is 22.1. The maximum absolute atomic E-state index is 12.4. The van der Waals surface area contributed by atoms with Crippen LogP contribution in [0.1, 0.15) is 60.4 Å². The number of carbonyl (C=O) groups excluding carboxylic acids is 1. The Labute approximate surface area is 189 Å². The number of allylic oxidation sites excluding steroid dienone is 1. The van der Waals surface area contributed by atoms with E-state index in [9.17, 15) is 4.79 Å². The Morgan fingerprint density at radius 2 is 2.00 bits per heavy atom. The molecule has 2 heterocycles. The van der Waals surface area contributed by atoms with E-state index in [1.54, 1.807) is 0 Å². The third kappa shape index (κ3) is 3.62. The first kappa shape index (κ1) is 20.9. The monoisotopic (exact) mass is 429 g/mol. The third-order valence-electron chi connectivity index (χ3n) is 7.10. The van der Waals surface area contributed by atoms with Gasteiger partial charge in [-0.3, -0.25) is 0 Å². The van der Waals surface area contributed by atoms with Crippen LogP contribution in [0.3, 0.4) is 0 Å². The van der Waals surface area contributed by atoms with Crippen molar-refractivity contribution in [1.29, 1.82) is 0 Å². The van der Waals surface area contributed by atoms with Crippen LogP contribution in [0.5, 0.6) is 5.75 Å². The van der Waals surface area contributed by atoms with Gasteiger partial charge in [-0.1, -0.05) is 43.5 Å². The van der Waals surface area contributed by atoms with E-state index >= 15 is 0 Å². The van der Waals surface area contributed by atoms with E-state index in [0.29, 0.717) is 24.0 Å². The van der Waals surface area contributed by atoms with Gasteiger partial charge < -0.3 is 14.0 Å². The summed E-state index contributed by atoms with van der Waals surface area (Å²) in [5, 5.41) is 1.26. The lowest BCUT2D eigenvalue weighted by molar-refractivity contribution is 0.0601. The predicted octanol–water partition coefficient (Wildman–Crippen LogP) is 6.73. The number of rotatable bonds is 4. The number of carbonyl (C=O) groups is 1. The minimum absolute atomic E-state index is 0.293. The Hall–Kier alpha value is -3.01. The summed E-state index contributed by atoms with van der Waals surface area (Å²) in [5.41, 5.74) is 5.56. The van der Waals surface area contributed by atoms with Crippen molar-refractivity contribution < 1.29 is 14.3 Å². The second kappa shape index (κ2) is 8.85. The Morgan fingerprint density at radius 1 is 1.19 bits per heavy atom. The number of fused-ring (bicyclic) bond motifs is 5. The van der Waals surface area contributed by atoms with Gasteiger partial charge in [0.2, 0.25) is 0 Å². The molecule has 0 bridgehead atoms. The molecule has 1 fully saturated rings. The number of nitrogens with zero attached hydrogens (tertiary/aromatic N) is 1. The Bertz CT molecular complexity index is 1150. The van der Waals surface area contributed by atoms with Gasteiger partial charge in [0.1, 0.15) is 5.75 Å². The van der Waals surface area contributed by atoms with Gasteiger partial charge in [0.25, 0.3) is 0 Å². The number of hydrogen-bond acceptors (Lipinski definition) is 3. The molecule has 1 saturated carbocycles. The summed E-state index contributed by atoms with van der Waals surface area (Å²) in [6, 6.07) is 14.5. The molecule has 0 N–H and O–H groups in total. The van der Waals surface area contributed by atoms with Crippen LogP contribution in [0.15, 0.2) is 55.1 Å². The molecule has 32 heavy (non-hydrogen) atoms. The summed E-state index contributed by atoms with van der Waals surface area (Å²) < 4.78 is 13.8. The van der Waals surface area contributed by atoms with Crippen LogP contribution in [0.2, 0.25) is 0 Å². The van der Waals surface area contributed by atoms with Crippen molar-refractivity contribution in [3.8, 4) is 17.0 Å². The van der Waals surface area contributed by atoms with Crippen molar-refractivity contribution in [1.82, 2.24) is 4.57 Å². The van der Waals surface area contributed by atoms with E-state index in [4.69, 9.17) is 9.47 Å². The smallest absolute Gasteiger partial charge is 0.337 e. The zero-order valence-corrected chi connectivity index (χ0v) is 18.8. The quantitative estimate of drug-likeness (QED) is 0.341. The van der Waals surface area contributed by atoms with Crippen molar-refractivity contribution in [2.45, 2.75) is 51.0 Å². The van der Waals surface area contributed by atoms with Crippen LogP contribution in [0.4, 0.5) is 0 Å². The van der Waals surface area contributed by atoms with Gasteiger partial charge in [0.15, 0.2) is 0 Å². The van der Waals surface area contributed by atoms with Crippen LogP contribution in [-0.2, 0) is 11.3 Å². The van der Waals surface area contributed by atoms with Crippen molar-refractivity contribution in [2.24, 2.45) is 5.92 Å². The molecule has 2 aliphatic rings. The fourth-order valence-electron chi connectivity index (χ4n) is 5.59. The highest BCUT2D eigenvalue weighted by molar-refractivity contribution is 5.99. The lowest BCUT2D eigenvalue weighted by Crippen LogP contribution is -2.21. The SMILES string of the molecule is C=CC[C@H]1COc2ccccc2-c2c(C3CCCCC3)c3ccc(C(=O)OC)cc3n2C1. The van der Waals surface area contributed by atoms with Crippen LogP contribution in [0.25, 0.3) is 22.2 Å². The largest absolute Gasteiger partial charge is 0.493 e. The highest BCUT2D eigenvalue weighted by atomic mass is 16.5. The molecule has 5 rings (SSSR count). The average molecular weight is 430 g/mol. The standard InChI is InChI=1S/C28H31NO3/c1-3-9-19-17-29-24-16-21(28(30)31-2)14-15-22(24)26(20-10-5-4-6-11-20)27(29)23-12-7-8-13-25(23)32-18-19/h3,7-8,12-16,19-20H,1,4-6,9-11,17-18H2,2H3/t19-/m1/s1. The Kier molecular flexibility index (Phi) is 5.77. The summed E-state index contributed by atoms with van der Waals surface area (Å²) in [7, 11) is 1.44. The Morgan fingerprint density at radius 3 is 2.78 bits per heavy atom. The topological polar surface area (TPSA) is 40.5 Å². The number of ether oxygens (including phenoxy) is 2. The van der Waals surface area contributed by atoms with Gasteiger partial charge in [-0.15, -0.1) is 6.58 Å². The highest BCUT2D eigenvalue weighted by Gasteiger charge is 2.30. The van der Waals surface area contributed by atoms with E-state index in [0.717, 1.165) is 29.8 Å². The van der Waals surface area contributed by atoms with E-state index in [1.165, 1.54) is 55.9 Å². The summed E-state index contributed by atoms with van der Waals surface area (Å²) in [4.78, 5) is 12.4.